The fourth-order valence-electron chi connectivity index (χ4n) is 1.48. The Balaban J connectivity index is 2.61. The van der Waals surface area contributed by atoms with Crippen molar-refractivity contribution in [1.82, 2.24) is 0 Å². The number of ketones is 1. The second-order valence-electron chi connectivity index (χ2n) is 4.17. The zero-order chi connectivity index (χ0) is 13.5. The van der Waals surface area contributed by atoms with E-state index in [2.05, 4.69) is 13.8 Å². The number of hydrogen-bond acceptors (Lipinski definition) is 3. The van der Waals surface area contributed by atoms with Crippen molar-refractivity contribution in [2.75, 3.05) is 12.4 Å². The molecule has 1 rings (SSSR count). The Labute approximate surface area is 118 Å². The maximum atomic E-state index is 11.9. The molecule has 0 aliphatic rings. The molecule has 0 fully saturated rings. The monoisotopic (exact) mass is 286 g/mol. The highest BCUT2D eigenvalue weighted by Crippen LogP contribution is 2.26. The van der Waals surface area contributed by atoms with Gasteiger partial charge in [0.2, 0.25) is 0 Å². The molecule has 2 nitrogen and oxygen atoms in total. The van der Waals surface area contributed by atoms with E-state index >= 15 is 0 Å². The quantitative estimate of drug-likeness (QED) is 0.693. The number of halogens is 1. The predicted octanol–water partition coefficient (Wildman–Crippen LogP) is 4.45. The van der Waals surface area contributed by atoms with E-state index in [0.29, 0.717) is 34.6 Å². The Morgan fingerprint density at radius 1 is 1.44 bits per heavy atom. The van der Waals surface area contributed by atoms with Crippen LogP contribution in [-0.4, -0.2) is 23.4 Å². The van der Waals surface area contributed by atoms with Crippen molar-refractivity contribution >= 4 is 29.1 Å². The van der Waals surface area contributed by atoms with Gasteiger partial charge < -0.3 is 4.74 Å². The molecule has 0 aromatic heterocycles. The number of rotatable bonds is 7. The van der Waals surface area contributed by atoms with Gasteiger partial charge in [0.05, 0.1) is 11.6 Å². The predicted molar refractivity (Wildman–Crippen MR) is 79.2 cm³/mol. The van der Waals surface area contributed by atoms with Crippen molar-refractivity contribution < 1.29 is 9.53 Å². The average molecular weight is 287 g/mol. The van der Waals surface area contributed by atoms with Gasteiger partial charge in [0.1, 0.15) is 5.75 Å². The van der Waals surface area contributed by atoms with Gasteiger partial charge in [-0.2, -0.15) is 11.8 Å². The molecule has 18 heavy (non-hydrogen) atoms. The van der Waals surface area contributed by atoms with Crippen LogP contribution in [0.3, 0.4) is 0 Å². The minimum Gasteiger partial charge on any atom is -0.492 e. The Bertz CT molecular complexity index is 405. The first kappa shape index (κ1) is 15.4. The van der Waals surface area contributed by atoms with Crippen LogP contribution in [0, 0.1) is 0 Å². The Kier molecular flexibility index (Phi) is 6.58. The van der Waals surface area contributed by atoms with Gasteiger partial charge in [0, 0.05) is 17.7 Å². The summed E-state index contributed by atoms with van der Waals surface area (Å²) < 4.78 is 5.34. The third kappa shape index (κ3) is 4.91. The molecule has 0 saturated carbocycles. The summed E-state index contributed by atoms with van der Waals surface area (Å²) >= 11 is 7.85. The molecule has 0 spiro atoms. The van der Waals surface area contributed by atoms with Crippen LogP contribution in [-0.2, 0) is 0 Å². The summed E-state index contributed by atoms with van der Waals surface area (Å²) in [5.41, 5.74) is 0.660. The van der Waals surface area contributed by atoms with Crippen LogP contribution in [0.1, 0.15) is 37.6 Å². The highest BCUT2D eigenvalue weighted by molar-refractivity contribution is 7.99. The molecule has 0 saturated heterocycles. The number of ether oxygens (including phenoxy) is 1. The lowest BCUT2D eigenvalue weighted by Gasteiger charge is -2.08. The normalized spacial score (nSPS) is 10.7. The third-order valence-corrected chi connectivity index (χ3v) is 3.74. The van der Waals surface area contributed by atoms with Gasteiger partial charge in [-0.1, -0.05) is 25.4 Å². The van der Waals surface area contributed by atoms with E-state index in [1.165, 1.54) is 0 Å². The Hall–Kier alpha value is -0.670. The molecule has 0 bridgehead atoms. The zero-order valence-electron chi connectivity index (χ0n) is 11.0. The van der Waals surface area contributed by atoms with Gasteiger partial charge in [-0.25, -0.2) is 0 Å². The average Bonchev–Trinajstić information content (AvgIpc) is 2.31. The molecule has 0 atom stereocenters. The van der Waals surface area contributed by atoms with Gasteiger partial charge in [-0.15, -0.1) is 0 Å². The van der Waals surface area contributed by atoms with E-state index in [4.69, 9.17) is 16.3 Å². The Morgan fingerprint density at radius 3 is 2.72 bits per heavy atom. The minimum absolute atomic E-state index is 0.132. The summed E-state index contributed by atoms with van der Waals surface area (Å²) in [4.78, 5) is 11.9. The van der Waals surface area contributed by atoms with E-state index in [-0.39, 0.29) is 5.78 Å². The summed E-state index contributed by atoms with van der Waals surface area (Å²) in [5, 5.41) is 1.06. The largest absolute Gasteiger partial charge is 0.492 e. The van der Waals surface area contributed by atoms with E-state index in [9.17, 15) is 4.79 Å². The Morgan fingerprint density at radius 2 is 2.17 bits per heavy atom. The number of thioether (sulfide) groups is 1. The number of benzene rings is 1. The van der Waals surface area contributed by atoms with Crippen molar-refractivity contribution in [3.05, 3.63) is 28.8 Å². The molecular weight excluding hydrogens is 268 g/mol. The van der Waals surface area contributed by atoms with Gasteiger partial charge in [-0.3, -0.25) is 4.79 Å². The van der Waals surface area contributed by atoms with Crippen molar-refractivity contribution in [2.45, 2.75) is 32.4 Å². The van der Waals surface area contributed by atoms with E-state index in [0.717, 1.165) is 5.75 Å². The first-order valence-corrected chi connectivity index (χ1v) is 7.54. The van der Waals surface area contributed by atoms with Gasteiger partial charge in [0.15, 0.2) is 5.78 Å². The van der Waals surface area contributed by atoms with Crippen LogP contribution < -0.4 is 4.74 Å². The highest BCUT2D eigenvalue weighted by atomic mass is 35.5. The summed E-state index contributed by atoms with van der Waals surface area (Å²) in [6.45, 7) is 6.72. The molecule has 1 aromatic carbocycles. The molecule has 0 aliphatic heterocycles. The number of carbonyl (C=O) groups is 1. The van der Waals surface area contributed by atoms with Crippen LogP contribution in [0.25, 0.3) is 0 Å². The van der Waals surface area contributed by atoms with Gasteiger partial charge in [0.25, 0.3) is 0 Å². The van der Waals surface area contributed by atoms with Crippen molar-refractivity contribution in [2.24, 2.45) is 0 Å². The molecule has 0 heterocycles. The standard InChI is InChI=1S/C14H19ClO2S/c1-4-17-14-6-5-11(9-12(14)15)13(16)7-8-18-10(2)3/h5-6,9-10H,4,7-8H2,1-3H3. The molecule has 100 valence electrons. The first-order chi connectivity index (χ1) is 8.54. The van der Waals surface area contributed by atoms with Crippen LogP contribution in [0.5, 0.6) is 5.75 Å². The number of Topliss-reactive ketones (excluding diaryl/α,β-unsaturated/α-hetero) is 1. The maximum Gasteiger partial charge on any atom is 0.163 e. The minimum atomic E-state index is 0.132. The molecule has 0 N–H and O–H groups in total. The second-order valence-corrected chi connectivity index (χ2v) is 6.26. The molecule has 0 unspecified atom stereocenters. The second kappa shape index (κ2) is 7.70. The van der Waals surface area contributed by atoms with Crippen LogP contribution in [0.15, 0.2) is 18.2 Å². The number of hydrogen-bond donors (Lipinski definition) is 0. The van der Waals surface area contributed by atoms with Crippen LogP contribution in [0.4, 0.5) is 0 Å². The summed E-state index contributed by atoms with van der Waals surface area (Å²) in [5.74, 6) is 1.61. The van der Waals surface area contributed by atoms with Crippen LogP contribution >= 0.6 is 23.4 Å². The van der Waals surface area contributed by atoms with Gasteiger partial charge >= 0.3 is 0 Å². The molecule has 1 aromatic rings. The SMILES string of the molecule is CCOc1ccc(C(=O)CCSC(C)C)cc1Cl. The van der Waals surface area contributed by atoms with Crippen molar-refractivity contribution in [3.8, 4) is 5.75 Å². The molecule has 4 heteroatoms. The molecule has 0 radical (unpaired) electrons. The number of carbonyl (C=O) groups excluding carboxylic acids is 1. The fourth-order valence-corrected chi connectivity index (χ4v) is 2.49. The lowest BCUT2D eigenvalue weighted by atomic mass is 10.1. The first-order valence-electron chi connectivity index (χ1n) is 6.11. The topological polar surface area (TPSA) is 26.3 Å². The van der Waals surface area contributed by atoms with Gasteiger partial charge in [-0.05, 0) is 30.4 Å². The summed E-state index contributed by atoms with van der Waals surface area (Å²) in [7, 11) is 0. The lowest BCUT2D eigenvalue weighted by molar-refractivity contribution is 0.0989. The van der Waals surface area contributed by atoms with Crippen molar-refractivity contribution in [3.63, 3.8) is 0 Å². The molecule has 0 aliphatic carbocycles. The molecular formula is C14H19ClO2S. The molecule has 0 amide bonds. The van der Waals surface area contributed by atoms with E-state index in [1.807, 2.05) is 6.92 Å². The highest BCUT2D eigenvalue weighted by Gasteiger charge is 2.09. The van der Waals surface area contributed by atoms with E-state index in [1.54, 1.807) is 30.0 Å². The fraction of sp³-hybridized carbons (Fsp3) is 0.500. The van der Waals surface area contributed by atoms with Crippen molar-refractivity contribution in [1.29, 1.82) is 0 Å². The zero-order valence-corrected chi connectivity index (χ0v) is 12.6. The smallest absolute Gasteiger partial charge is 0.163 e. The third-order valence-electron chi connectivity index (χ3n) is 2.33. The van der Waals surface area contributed by atoms with E-state index < -0.39 is 0 Å². The lowest BCUT2D eigenvalue weighted by Crippen LogP contribution is -2.03. The summed E-state index contributed by atoms with van der Waals surface area (Å²) in [6, 6.07) is 5.23. The maximum absolute atomic E-state index is 11.9. The summed E-state index contributed by atoms with van der Waals surface area (Å²) in [6.07, 6.45) is 0.549. The van der Waals surface area contributed by atoms with Crippen LogP contribution in [0.2, 0.25) is 5.02 Å².